The summed E-state index contributed by atoms with van der Waals surface area (Å²) in [5.74, 6) is 2.77. The molecule has 0 radical (unpaired) electrons. The molecule has 6 heteroatoms. The number of nitrogens with zero attached hydrogens (tertiary/aromatic N) is 2. The Bertz CT molecular complexity index is 617. The Labute approximate surface area is 124 Å². The lowest BCUT2D eigenvalue weighted by Crippen LogP contribution is -2.06. The quantitative estimate of drug-likeness (QED) is 0.851. The van der Waals surface area contributed by atoms with E-state index in [2.05, 4.69) is 20.6 Å². The second-order valence-corrected chi connectivity index (χ2v) is 4.45. The first-order valence-electron chi connectivity index (χ1n) is 6.74. The molecule has 1 aromatic carbocycles. The molecule has 0 bridgehead atoms. The molecule has 1 heterocycles. The first-order valence-corrected chi connectivity index (χ1v) is 6.74. The van der Waals surface area contributed by atoms with Gasteiger partial charge < -0.3 is 20.1 Å². The van der Waals surface area contributed by atoms with Crippen LogP contribution in [0.4, 0.5) is 17.5 Å². The lowest BCUT2D eigenvalue weighted by atomic mass is 10.2. The number of rotatable bonds is 6. The maximum Gasteiger partial charge on any atom is 0.224 e. The van der Waals surface area contributed by atoms with Crippen molar-refractivity contribution < 1.29 is 9.47 Å². The fourth-order valence-electron chi connectivity index (χ4n) is 1.84. The van der Waals surface area contributed by atoms with Crippen molar-refractivity contribution in [1.29, 1.82) is 0 Å². The van der Waals surface area contributed by atoms with Crippen LogP contribution in [0.5, 0.6) is 11.5 Å². The lowest BCUT2D eigenvalue weighted by Gasteiger charge is -2.14. The minimum Gasteiger partial charge on any atom is -0.497 e. The summed E-state index contributed by atoms with van der Waals surface area (Å²) in [7, 11) is 3.25. The SMILES string of the molecule is CCNc1ncc(C)c(Nc2ccc(OC)cc2OC)n1. The number of aromatic nitrogens is 2. The number of nitrogens with one attached hydrogen (secondary N) is 2. The van der Waals surface area contributed by atoms with Crippen LogP contribution in [0.2, 0.25) is 0 Å². The number of aryl methyl sites for hydroxylation is 1. The van der Waals surface area contributed by atoms with E-state index in [0.29, 0.717) is 11.7 Å². The first-order chi connectivity index (χ1) is 10.2. The molecule has 2 N–H and O–H groups in total. The minimum absolute atomic E-state index is 0.595. The average molecular weight is 288 g/mol. The Kier molecular flexibility index (Phi) is 4.81. The third-order valence-corrected chi connectivity index (χ3v) is 2.97. The predicted molar refractivity (Wildman–Crippen MR) is 83.8 cm³/mol. The maximum absolute atomic E-state index is 5.38. The van der Waals surface area contributed by atoms with E-state index in [1.165, 1.54) is 0 Å². The summed E-state index contributed by atoms with van der Waals surface area (Å²) < 4.78 is 10.6. The molecule has 0 aliphatic rings. The van der Waals surface area contributed by atoms with Gasteiger partial charge >= 0.3 is 0 Å². The van der Waals surface area contributed by atoms with Gasteiger partial charge in [0, 0.05) is 24.4 Å². The van der Waals surface area contributed by atoms with Crippen LogP contribution in [-0.4, -0.2) is 30.7 Å². The van der Waals surface area contributed by atoms with Gasteiger partial charge in [-0.25, -0.2) is 4.98 Å². The van der Waals surface area contributed by atoms with Crippen molar-refractivity contribution >= 4 is 17.5 Å². The molecule has 0 aliphatic heterocycles. The summed E-state index contributed by atoms with van der Waals surface area (Å²) in [5, 5.41) is 6.36. The number of ether oxygens (including phenoxy) is 2. The monoisotopic (exact) mass is 288 g/mol. The average Bonchev–Trinajstić information content (AvgIpc) is 2.51. The zero-order valence-corrected chi connectivity index (χ0v) is 12.7. The Hall–Kier alpha value is -2.50. The molecule has 0 unspecified atom stereocenters. The van der Waals surface area contributed by atoms with E-state index >= 15 is 0 Å². The van der Waals surface area contributed by atoms with Crippen molar-refractivity contribution in [1.82, 2.24) is 9.97 Å². The lowest BCUT2D eigenvalue weighted by molar-refractivity contribution is 0.395. The molecule has 2 rings (SSSR count). The van der Waals surface area contributed by atoms with Gasteiger partial charge in [0.15, 0.2) is 0 Å². The van der Waals surface area contributed by atoms with Gasteiger partial charge in [0.05, 0.1) is 19.9 Å². The van der Waals surface area contributed by atoms with Crippen LogP contribution in [0.3, 0.4) is 0 Å². The Morgan fingerprint density at radius 1 is 1.19 bits per heavy atom. The van der Waals surface area contributed by atoms with Crippen LogP contribution in [0.1, 0.15) is 12.5 Å². The van der Waals surface area contributed by atoms with E-state index in [4.69, 9.17) is 9.47 Å². The first kappa shape index (κ1) is 14.9. The molecule has 0 saturated carbocycles. The van der Waals surface area contributed by atoms with Crippen LogP contribution < -0.4 is 20.1 Å². The molecular formula is C15H20N4O2. The van der Waals surface area contributed by atoms with Gasteiger partial charge in [0.25, 0.3) is 0 Å². The highest BCUT2D eigenvalue weighted by Gasteiger charge is 2.09. The third-order valence-electron chi connectivity index (χ3n) is 2.97. The molecule has 21 heavy (non-hydrogen) atoms. The number of hydrogen-bond donors (Lipinski definition) is 2. The number of methoxy groups -OCH3 is 2. The summed E-state index contributed by atoms with van der Waals surface area (Å²) in [6.07, 6.45) is 1.78. The van der Waals surface area contributed by atoms with E-state index in [0.717, 1.165) is 29.4 Å². The molecule has 6 nitrogen and oxygen atoms in total. The Morgan fingerprint density at radius 2 is 2.00 bits per heavy atom. The molecule has 0 amide bonds. The molecule has 0 fully saturated rings. The molecule has 0 aliphatic carbocycles. The van der Waals surface area contributed by atoms with Crippen LogP contribution in [0.15, 0.2) is 24.4 Å². The zero-order valence-electron chi connectivity index (χ0n) is 12.7. The largest absolute Gasteiger partial charge is 0.497 e. The summed E-state index contributed by atoms with van der Waals surface area (Å²) in [6.45, 7) is 4.73. The van der Waals surface area contributed by atoms with Crippen molar-refractivity contribution in [2.45, 2.75) is 13.8 Å². The molecule has 112 valence electrons. The van der Waals surface area contributed by atoms with Crippen molar-refractivity contribution in [3.63, 3.8) is 0 Å². The molecule has 1 aromatic heterocycles. The summed E-state index contributed by atoms with van der Waals surface area (Å²) in [4.78, 5) is 8.68. The Balaban J connectivity index is 2.31. The zero-order chi connectivity index (χ0) is 15.2. The summed E-state index contributed by atoms with van der Waals surface area (Å²) in [5.41, 5.74) is 1.78. The molecular weight excluding hydrogens is 268 g/mol. The van der Waals surface area contributed by atoms with Crippen molar-refractivity contribution in [3.05, 3.63) is 30.0 Å². The van der Waals surface area contributed by atoms with Crippen molar-refractivity contribution in [2.24, 2.45) is 0 Å². The minimum atomic E-state index is 0.595. The van der Waals surface area contributed by atoms with Crippen molar-refractivity contribution in [2.75, 3.05) is 31.4 Å². The number of anilines is 3. The van der Waals surface area contributed by atoms with Crippen LogP contribution in [0, 0.1) is 6.92 Å². The maximum atomic E-state index is 5.38. The van der Waals surface area contributed by atoms with Gasteiger partial charge in [-0.2, -0.15) is 4.98 Å². The molecule has 2 aromatic rings. The molecule has 0 spiro atoms. The highest BCUT2D eigenvalue weighted by Crippen LogP contribution is 2.31. The standard InChI is InChI=1S/C15H20N4O2/c1-5-16-15-17-9-10(2)14(19-15)18-12-7-6-11(20-3)8-13(12)21-4/h6-9H,5H2,1-4H3,(H2,16,17,18,19). The van der Waals surface area contributed by atoms with E-state index in [1.54, 1.807) is 20.4 Å². The van der Waals surface area contributed by atoms with E-state index in [-0.39, 0.29) is 0 Å². The van der Waals surface area contributed by atoms with Gasteiger partial charge in [-0.1, -0.05) is 0 Å². The normalized spacial score (nSPS) is 10.1. The fourth-order valence-corrected chi connectivity index (χ4v) is 1.84. The van der Waals surface area contributed by atoms with E-state index < -0.39 is 0 Å². The smallest absolute Gasteiger partial charge is 0.224 e. The summed E-state index contributed by atoms with van der Waals surface area (Å²) >= 11 is 0. The topological polar surface area (TPSA) is 68.3 Å². The second-order valence-electron chi connectivity index (χ2n) is 4.45. The molecule has 0 saturated heterocycles. The van der Waals surface area contributed by atoms with Gasteiger partial charge in [-0.05, 0) is 26.0 Å². The Morgan fingerprint density at radius 3 is 2.67 bits per heavy atom. The highest BCUT2D eigenvalue weighted by molar-refractivity contribution is 5.67. The fraction of sp³-hybridized carbons (Fsp3) is 0.333. The van der Waals surface area contributed by atoms with E-state index in [9.17, 15) is 0 Å². The summed E-state index contributed by atoms with van der Waals surface area (Å²) in [6, 6.07) is 5.59. The van der Waals surface area contributed by atoms with Gasteiger partial charge in [0.2, 0.25) is 5.95 Å². The number of hydrogen-bond acceptors (Lipinski definition) is 6. The van der Waals surface area contributed by atoms with Gasteiger partial charge in [-0.15, -0.1) is 0 Å². The highest BCUT2D eigenvalue weighted by atomic mass is 16.5. The van der Waals surface area contributed by atoms with Gasteiger partial charge in [0.1, 0.15) is 17.3 Å². The van der Waals surface area contributed by atoms with Gasteiger partial charge in [-0.3, -0.25) is 0 Å². The van der Waals surface area contributed by atoms with Crippen molar-refractivity contribution in [3.8, 4) is 11.5 Å². The van der Waals surface area contributed by atoms with E-state index in [1.807, 2.05) is 32.0 Å². The van der Waals surface area contributed by atoms with Crippen LogP contribution in [-0.2, 0) is 0 Å². The van der Waals surface area contributed by atoms with Crippen LogP contribution in [0.25, 0.3) is 0 Å². The molecule has 0 atom stereocenters. The predicted octanol–water partition coefficient (Wildman–Crippen LogP) is 2.98. The number of benzene rings is 1. The second kappa shape index (κ2) is 6.78. The third kappa shape index (κ3) is 3.53. The van der Waals surface area contributed by atoms with Crippen LogP contribution >= 0.6 is 0 Å².